The molecule has 0 spiro atoms. The molecular weight excluding hydrogens is 332 g/mol. The van der Waals surface area contributed by atoms with Gasteiger partial charge in [0.1, 0.15) is 24.3 Å². The standard InChI is InChI=1S/C19H12N4O3/c1-2-9-26-18-8-7-15(23(24)25)11-13(18)10-14(12-20)19-21-16-5-3-4-6-17(16)22-19/h1,3-8,10-11H,9H2,(H,21,22). The van der Waals surface area contributed by atoms with Crippen LogP contribution in [0.3, 0.4) is 0 Å². The Labute approximate surface area is 148 Å². The molecule has 7 heteroatoms. The smallest absolute Gasteiger partial charge is 0.270 e. The van der Waals surface area contributed by atoms with E-state index in [1.807, 2.05) is 24.3 Å². The summed E-state index contributed by atoms with van der Waals surface area (Å²) < 4.78 is 5.42. The largest absolute Gasteiger partial charge is 0.480 e. The zero-order valence-electron chi connectivity index (χ0n) is 13.5. The second-order valence-corrected chi connectivity index (χ2v) is 5.24. The fraction of sp³-hybridized carbons (Fsp3) is 0.0526. The molecule has 126 valence electrons. The van der Waals surface area contributed by atoms with E-state index in [1.54, 1.807) is 0 Å². The monoisotopic (exact) mass is 344 g/mol. The number of nitrogens with one attached hydrogen (secondary N) is 1. The molecule has 0 aliphatic heterocycles. The minimum absolute atomic E-state index is 0.00513. The molecule has 7 nitrogen and oxygen atoms in total. The number of aromatic nitrogens is 2. The Hall–Kier alpha value is -4.10. The maximum absolute atomic E-state index is 11.0. The number of benzene rings is 2. The van der Waals surface area contributed by atoms with Gasteiger partial charge in [-0.05, 0) is 24.3 Å². The molecule has 0 saturated carbocycles. The number of nitro benzene ring substituents is 1. The van der Waals surface area contributed by atoms with Gasteiger partial charge in [0.15, 0.2) is 0 Å². The minimum atomic E-state index is -0.518. The summed E-state index contributed by atoms with van der Waals surface area (Å²) in [6, 6.07) is 13.5. The number of H-pyrrole nitrogens is 1. The lowest BCUT2D eigenvalue weighted by molar-refractivity contribution is -0.384. The van der Waals surface area contributed by atoms with Gasteiger partial charge in [0.2, 0.25) is 0 Å². The summed E-state index contributed by atoms with van der Waals surface area (Å²) in [5.41, 5.74) is 1.96. The highest BCUT2D eigenvalue weighted by molar-refractivity contribution is 5.91. The van der Waals surface area contributed by atoms with Crippen LogP contribution in [0.1, 0.15) is 11.4 Å². The van der Waals surface area contributed by atoms with Crippen LogP contribution in [0.15, 0.2) is 42.5 Å². The number of nitro groups is 1. The number of non-ortho nitro benzene ring substituents is 1. The number of aromatic amines is 1. The van der Waals surface area contributed by atoms with Gasteiger partial charge in [0.25, 0.3) is 5.69 Å². The van der Waals surface area contributed by atoms with E-state index in [1.165, 1.54) is 24.3 Å². The van der Waals surface area contributed by atoms with Crippen molar-refractivity contribution in [2.24, 2.45) is 0 Å². The molecule has 0 unspecified atom stereocenters. The zero-order chi connectivity index (χ0) is 18.5. The number of allylic oxidation sites excluding steroid dienone is 1. The van der Waals surface area contributed by atoms with Crippen molar-refractivity contribution in [1.29, 1.82) is 5.26 Å². The summed E-state index contributed by atoms with van der Waals surface area (Å²) in [5.74, 6) is 3.05. The van der Waals surface area contributed by atoms with Crippen molar-refractivity contribution in [2.75, 3.05) is 6.61 Å². The van der Waals surface area contributed by atoms with Crippen molar-refractivity contribution in [1.82, 2.24) is 9.97 Å². The van der Waals surface area contributed by atoms with Crippen molar-refractivity contribution in [3.05, 3.63) is 64.0 Å². The SMILES string of the molecule is C#CCOc1ccc([N+](=O)[O-])cc1C=C(C#N)c1nc2ccccc2[nH]1. The van der Waals surface area contributed by atoms with E-state index in [0.717, 1.165) is 5.52 Å². The number of hydrogen-bond acceptors (Lipinski definition) is 5. The van der Waals surface area contributed by atoms with E-state index in [9.17, 15) is 15.4 Å². The van der Waals surface area contributed by atoms with Crippen molar-refractivity contribution in [2.45, 2.75) is 0 Å². The molecule has 1 aromatic heterocycles. The van der Waals surface area contributed by atoms with Crippen LogP contribution in [0.25, 0.3) is 22.7 Å². The molecule has 0 bridgehead atoms. The number of nitriles is 1. The minimum Gasteiger partial charge on any atom is -0.480 e. The number of ether oxygens (including phenoxy) is 1. The summed E-state index contributed by atoms with van der Waals surface area (Å²) in [5, 5.41) is 20.6. The first-order chi connectivity index (χ1) is 12.6. The van der Waals surface area contributed by atoms with Gasteiger partial charge in [-0.15, -0.1) is 6.42 Å². The molecule has 0 fully saturated rings. The van der Waals surface area contributed by atoms with E-state index in [4.69, 9.17) is 11.2 Å². The summed E-state index contributed by atoms with van der Waals surface area (Å²) in [4.78, 5) is 18.0. The Bertz CT molecular complexity index is 1070. The van der Waals surface area contributed by atoms with Crippen LogP contribution >= 0.6 is 0 Å². The van der Waals surface area contributed by atoms with E-state index in [-0.39, 0.29) is 17.9 Å². The number of terminal acetylenes is 1. The normalized spacial score (nSPS) is 10.9. The molecule has 0 radical (unpaired) electrons. The zero-order valence-corrected chi connectivity index (χ0v) is 13.5. The van der Waals surface area contributed by atoms with Crippen LogP contribution in [-0.2, 0) is 0 Å². The molecule has 0 aliphatic carbocycles. The quantitative estimate of drug-likeness (QED) is 0.330. The van der Waals surface area contributed by atoms with Gasteiger partial charge in [0, 0.05) is 17.7 Å². The molecule has 0 atom stereocenters. The van der Waals surface area contributed by atoms with Gasteiger partial charge in [-0.1, -0.05) is 18.1 Å². The van der Waals surface area contributed by atoms with Gasteiger partial charge in [-0.2, -0.15) is 5.26 Å². The maximum atomic E-state index is 11.0. The number of rotatable bonds is 5. The van der Waals surface area contributed by atoms with Crippen molar-refractivity contribution >= 4 is 28.4 Å². The predicted molar refractivity (Wildman–Crippen MR) is 97.0 cm³/mol. The average molecular weight is 344 g/mol. The Morgan fingerprint density at radius 3 is 2.88 bits per heavy atom. The van der Waals surface area contributed by atoms with Crippen LogP contribution in [-0.4, -0.2) is 21.5 Å². The molecule has 0 saturated heterocycles. The molecule has 3 aromatic rings. The van der Waals surface area contributed by atoms with Crippen molar-refractivity contribution in [3.8, 4) is 24.2 Å². The molecule has 1 N–H and O–H groups in total. The maximum Gasteiger partial charge on any atom is 0.270 e. The van der Waals surface area contributed by atoms with Crippen molar-refractivity contribution < 1.29 is 9.66 Å². The van der Waals surface area contributed by atoms with E-state index in [0.29, 0.717) is 22.7 Å². The first-order valence-electron chi connectivity index (χ1n) is 7.54. The van der Waals surface area contributed by atoms with E-state index < -0.39 is 4.92 Å². The lowest BCUT2D eigenvalue weighted by atomic mass is 10.1. The molecule has 26 heavy (non-hydrogen) atoms. The van der Waals surface area contributed by atoms with Gasteiger partial charge in [0.05, 0.1) is 21.5 Å². The van der Waals surface area contributed by atoms with Gasteiger partial charge >= 0.3 is 0 Å². The fourth-order valence-electron chi connectivity index (χ4n) is 2.40. The van der Waals surface area contributed by atoms with Crippen molar-refractivity contribution in [3.63, 3.8) is 0 Å². The summed E-state index contributed by atoms with van der Waals surface area (Å²) in [6.07, 6.45) is 6.68. The van der Waals surface area contributed by atoms with Gasteiger partial charge < -0.3 is 9.72 Å². The second kappa shape index (κ2) is 7.20. The highest BCUT2D eigenvalue weighted by Gasteiger charge is 2.13. The lowest BCUT2D eigenvalue weighted by Gasteiger charge is -2.07. The highest BCUT2D eigenvalue weighted by Crippen LogP contribution is 2.28. The molecule has 2 aromatic carbocycles. The fourth-order valence-corrected chi connectivity index (χ4v) is 2.40. The van der Waals surface area contributed by atoms with Gasteiger partial charge in [-0.3, -0.25) is 10.1 Å². The molecule has 0 aliphatic rings. The summed E-state index contributed by atoms with van der Waals surface area (Å²) in [6.45, 7) is 0.00513. The van der Waals surface area contributed by atoms with E-state index >= 15 is 0 Å². The summed E-state index contributed by atoms with van der Waals surface area (Å²) >= 11 is 0. The van der Waals surface area contributed by atoms with E-state index in [2.05, 4.69) is 22.0 Å². The summed E-state index contributed by atoms with van der Waals surface area (Å²) in [7, 11) is 0. The number of nitrogens with zero attached hydrogens (tertiary/aromatic N) is 3. The first-order valence-corrected chi connectivity index (χ1v) is 7.54. The topological polar surface area (TPSA) is 105 Å². The van der Waals surface area contributed by atoms with Crippen LogP contribution in [0.5, 0.6) is 5.75 Å². The highest BCUT2D eigenvalue weighted by atomic mass is 16.6. The third-order valence-electron chi connectivity index (χ3n) is 3.58. The number of hydrogen-bond donors (Lipinski definition) is 1. The predicted octanol–water partition coefficient (Wildman–Crippen LogP) is 3.55. The number of imidazole rings is 1. The Kier molecular flexibility index (Phi) is 4.64. The van der Waals surface area contributed by atoms with Crippen LogP contribution < -0.4 is 4.74 Å². The Morgan fingerprint density at radius 2 is 2.19 bits per heavy atom. The van der Waals surface area contributed by atoms with Crippen LogP contribution in [0, 0.1) is 33.8 Å². The van der Waals surface area contributed by atoms with Crippen LogP contribution in [0.2, 0.25) is 0 Å². The number of para-hydroxylation sites is 2. The molecular formula is C19H12N4O3. The van der Waals surface area contributed by atoms with Crippen LogP contribution in [0.4, 0.5) is 5.69 Å². The molecule has 0 amide bonds. The second-order valence-electron chi connectivity index (χ2n) is 5.24. The third-order valence-corrected chi connectivity index (χ3v) is 3.58. The molecule has 3 rings (SSSR count). The molecule has 1 heterocycles. The Morgan fingerprint density at radius 1 is 1.38 bits per heavy atom. The Balaban J connectivity index is 2.10. The third kappa shape index (κ3) is 3.37. The average Bonchev–Trinajstić information content (AvgIpc) is 3.08. The lowest BCUT2D eigenvalue weighted by Crippen LogP contribution is -1.97. The first kappa shape index (κ1) is 16.7. The number of fused-ring (bicyclic) bond motifs is 1. The van der Waals surface area contributed by atoms with Gasteiger partial charge in [-0.25, -0.2) is 4.98 Å².